The molecule has 0 bridgehead atoms. The average molecular weight is 817 g/mol. The predicted molar refractivity (Wildman–Crippen MR) is 168 cm³/mol. The maximum Gasteiger partial charge on any atom is 0.573 e. The van der Waals surface area contributed by atoms with Crippen molar-refractivity contribution in [1.29, 1.82) is 0 Å². The molecule has 0 radical (unpaired) electrons. The molecule has 17 heteroatoms. The molecule has 1 N–H and O–H groups in total. The minimum Gasteiger partial charge on any atom is -0.508 e. The van der Waals surface area contributed by atoms with Gasteiger partial charge in [-0.05, 0) is 84.9 Å². The van der Waals surface area contributed by atoms with E-state index in [1.165, 1.54) is 46.9 Å². The van der Waals surface area contributed by atoms with Gasteiger partial charge in [0.2, 0.25) is 0 Å². The lowest BCUT2D eigenvalue weighted by Crippen LogP contribution is -2.16. The van der Waals surface area contributed by atoms with Crippen molar-refractivity contribution < 1.29 is 45.7 Å². The number of hydrogen-bond acceptors (Lipinski definition) is 8. The van der Waals surface area contributed by atoms with Gasteiger partial charge in [0.1, 0.15) is 23.0 Å². The number of nitrogens with zero attached hydrogens (tertiary/aromatic N) is 2. The molecular weight excluding hydrogens is 802 g/mol. The summed E-state index contributed by atoms with van der Waals surface area (Å²) in [6, 6.07) is 21.0. The Morgan fingerprint density at radius 1 is 0.622 bits per heavy atom. The monoisotopic (exact) mass is 814 g/mol. The lowest BCUT2D eigenvalue weighted by atomic mass is 10.3. The maximum absolute atomic E-state index is 12.1. The van der Waals surface area contributed by atoms with Crippen molar-refractivity contribution in [2.75, 3.05) is 0 Å². The first-order valence-electron chi connectivity index (χ1n) is 12.0. The van der Waals surface area contributed by atoms with Crippen LogP contribution >= 0.6 is 66.1 Å². The van der Waals surface area contributed by atoms with E-state index in [9.17, 15) is 26.3 Å². The summed E-state index contributed by atoms with van der Waals surface area (Å²) in [7, 11) is 0. The fraction of sp³-hybridized carbons (Fsp3) is 0.0714. The number of halogens is 9. The van der Waals surface area contributed by atoms with E-state index in [4.69, 9.17) is 21.4 Å². The standard InChI is InChI=1S/C14H7BrF3NO2S.C7H3BrClNS.C7H5F3O2/c15-8-1-6-11-12(7-8)22-13(19-11)20-9-2-4-10(5-3-9)21-14(16,17)18;8-4-1-2-5-6(3-4)11-7(9)10-5;8-7(9,10)12-6-3-1-5(11)2-4-6/h1-7H;1-3H;1-4,11H. The Morgan fingerprint density at radius 3 is 1.58 bits per heavy atom. The maximum atomic E-state index is 12.1. The van der Waals surface area contributed by atoms with Gasteiger partial charge in [0.15, 0.2) is 4.47 Å². The average Bonchev–Trinajstić information content (AvgIpc) is 3.51. The lowest BCUT2D eigenvalue weighted by Gasteiger charge is -2.09. The number of phenols is 1. The summed E-state index contributed by atoms with van der Waals surface area (Å²) in [5.41, 5.74) is 1.75. The molecule has 0 aliphatic rings. The first kappa shape index (κ1) is 34.6. The number of benzene rings is 4. The van der Waals surface area contributed by atoms with E-state index in [0.29, 0.717) is 15.4 Å². The van der Waals surface area contributed by atoms with Crippen molar-refractivity contribution in [3.63, 3.8) is 0 Å². The van der Waals surface area contributed by atoms with Crippen molar-refractivity contribution in [2.45, 2.75) is 12.7 Å². The van der Waals surface area contributed by atoms with Crippen LogP contribution in [0.4, 0.5) is 26.3 Å². The number of thiazole rings is 2. The van der Waals surface area contributed by atoms with Gasteiger partial charge in [0.05, 0.1) is 20.4 Å². The number of alkyl halides is 6. The van der Waals surface area contributed by atoms with Gasteiger partial charge in [0, 0.05) is 8.95 Å². The van der Waals surface area contributed by atoms with Crippen LogP contribution in [0.15, 0.2) is 93.9 Å². The summed E-state index contributed by atoms with van der Waals surface area (Å²) >= 11 is 15.3. The molecule has 236 valence electrons. The zero-order chi connectivity index (χ0) is 32.8. The van der Waals surface area contributed by atoms with E-state index < -0.39 is 12.7 Å². The summed E-state index contributed by atoms with van der Waals surface area (Å²) in [6.45, 7) is 0. The molecule has 4 aromatic carbocycles. The zero-order valence-corrected chi connectivity index (χ0v) is 27.4. The van der Waals surface area contributed by atoms with E-state index in [1.807, 2.05) is 36.4 Å². The van der Waals surface area contributed by atoms with Crippen LogP contribution in [-0.2, 0) is 0 Å². The number of fused-ring (bicyclic) bond motifs is 2. The van der Waals surface area contributed by atoms with Gasteiger partial charge >= 0.3 is 12.7 Å². The topological polar surface area (TPSA) is 73.7 Å². The van der Waals surface area contributed by atoms with Gasteiger partial charge in [-0.1, -0.05) is 54.8 Å². The van der Waals surface area contributed by atoms with E-state index in [0.717, 1.165) is 53.6 Å². The number of rotatable bonds is 4. The smallest absolute Gasteiger partial charge is 0.508 e. The molecule has 2 aromatic heterocycles. The van der Waals surface area contributed by atoms with Gasteiger partial charge in [-0.3, -0.25) is 0 Å². The second-order valence-corrected chi connectivity index (χ2v) is 12.8. The van der Waals surface area contributed by atoms with Crippen molar-refractivity contribution in [1.82, 2.24) is 9.97 Å². The zero-order valence-electron chi connectivity index (χ0n) is 21.9. The Kier molecular flexibility index (Phi) is 11.4. The molecule has 0 saturated heterocycles. The first-order valence-corrected chi connectivity index (χ1v) is 15.6. The normalized spacial score (nSPS) is 11.3. The van der Waals surface area contributed by atoms with E-state index >= 15 is 0 Å². The summed E-state index contributed by atoms with van der Waals surface area (Å²) < 4.78 is 88.4. The molecule has 0 amide bonds. The fourth-order valence-corrected chi connectivity index (χ4v) is 6.22. The molecule has 6 nitrogen and oxygen atoms in total. The number of ether oxygens (including phenoxy) is 3. The highest BCUT2D eigenvalue weighted by atomic mass is 79.9. The van der Waals surface area contributed by atoms with Crippen LogP contribution in [0.25, 0.3) is 20.4 Å². The van der Waals surface area contributed by atoms with Gasteiger partial charge < -0.3 is 19.3 Å². The highest BCUT2D eigenvalue weighted by Crippen LogP contribution is 2.34. The second-order valence-electron chi connectivity index (χ2n) is 8.33. The fourth-order valence-electron chi connectivity index (χ4n) is 3.25. The van der Waals surface area contributed by atoms with Gasteiger partial charge in [-0.2, -0.15) is 0 Å². The highest BCUT2D eigenvalue weighted by molar-refractivity contribution is 9.10. The van der Waals surface area contributed by atoms with Crippen LogP contribution < -0.4 is 14.2 Å². The predicted octanol–water partition coefficient (Wildman–Crippen LogP) is 11.8. The van der Waals surface area contributed by atoms with Crippen molar-refractivity contribution in [3.8, 4) is 28.2 Å². The molecule has 6 rings (SSSR count). The molecule has 0 fully saturated rings. The SMILES string of the molecule is Clc1nc2ccc(Br)cc2s1.FC(F)(F)Oc1ccc(Oc2nc3ccc(Br)cc3s2)cc1.Oc1ccc(OC(F)(F)F)cc1. The molecule has 0 aliphatic carbocycles. The van der Waals surface area contributed by atoms with Crippen molar-refractivity contribution in [3.05, 3.63) is 98.3 Å². The van der Waals surface area contributed by atoms with Crippen molar-refractivity contribution >= 4 is 86.6 Å². The number of hydrogen-bond donors (Lipinski definition) is 1. The third-order valence-corrected chi connectivity index (χ3v) is 7.99. The molecule has 0 aliphatic heterocycles. The Morgan fingerprint density at radius 2 is 1.07 bits per heavy atom. The Labute approximate surface area is 280 Å². The number of aromatic nitrogens is 2. The summed E-state index contributed by atoms with van der Waals surface area (Å²) in [5, 5.41) is 9.13. The molecule has 2 heterocycles. The lowest BCUT2D eigenvalue weighted by molar-refractivity contribution is -0.275. The van der Waals surface area contributed by atoms with Crippen molar-refractivity contribution in [2.24, 2.45) is 0 Å². The molecular formula is C28H15Br2ClF6N2O4S2. The summed E-state index contributed by atoms with van der Waals surface area (Å²) in [4.78, 5) is 8.41. The summed E-state index contributed by atoms with van der Waals surface area (Å²) in [5.74, 6) is -0.370. The number of aromatic hydroxyl groups is 1. The molecule has 0 saturated carbocycles. The van der Waals surface area contributed by atoms with Crippen LogP contribution in [0.5, 0.6) is 28.2 Å². The Balaban J connectivity index is 0.000000169. The third-order valence-electron chi connectivity index (χ3n) is 4.99. The quantitative estimate of drug-likeness (QED) is 0.179. The van der Waals surface area contributed by atoms with E-state index in [1.54, 1.807) is 0 Å². The molecule has 45 heavy (non-hydrogen) atoms. The van der Waals surface area contributed by atoms with E-state index in [2.05, 4.69) is 51.3 Å². The largest absolute Gasteiger partial charge is 0.573 e. The second kappa shape index (κ2) is 14.9. The molecule has 0 atom stereocenters. The minimum absolute atomic E-state index is 0.107. The Bertz CT molecular complexity index is 1870. The van der Waals surface area contributed by atoms with Gasteiger partial charge in [0.25, 0.3) is 5.19 Å². The minimum atomic E-state index is -4.71. The molecule has 0 spiro atoms. The number of phenolic OH excluding ortho intramolecular Hbond substituents is 1. The highest BCUT2D eigenvalue weighted by Gasteiger charge is 2.31. The third kappa shape index (κ3) is 11.5. The van der Waals surface area contributed by atoms with Crippen LogP contribution in [0.2, 0.25) is 4.47 Å². The van der Waals surface area contributed by atoms with Crippen LogP contribution in [0.3, 0.4) is 0 Å². The van der Waals surface area contributed by atoms with Crippen LogP contribution in [0, 0.1) is 0 Å². The van der Waals surface area contributed by atoms with Gasteiger partial charge in [-0.15, -0.1) is 37.7 Å². The summed E-state index contributed by atoms with van der Waals surface area (Å²) in [6.07, 6.45) is -9.39. The van der Waals surface area contributed by atoms with Crippen LogP contribution in [0.1, 0.15) is 0 Å². The van der Waals surface area contributed by atoms with E-state index in [-0.39, 0.29) is 17.2 Å². The van der Waals surface area contributed by atoms with Crippen LogP contribution in [-0.4, -0.2) is 27.8 Å². The first-order chi connectivity index (χ1) is 21.1. The van der Waals surface area contributed by atoms with Gasteiger partial charge in [-0.25, -0.2) is 9.97 Å². The molecule has 0 unspecified atom stereocenters. The Hall–Kier alpha value is -3.31. The molecule has 6 aromatic rings.